The fraction of sp³-hybridized carbons (Fsp3) is 0.0500. The summed E-state index contributed by atoms with van der Waals surface area (Å²) >= 11 is 0. The van der Waals surface area contributed by atoms with Gasteiger partial charge in [0.2, 0.25) is 9.84 Å². The Bertz CT molecular complexity index is 1360. The molecule has 11 heteroatoms. The zero-order chi connectivity index (χ0) is 22.8. The van der Waals surface area contributed by atoms with Crippen LogP contribution >= 0.6 is 0 Å². The van der Waals surface area contributed by atoms with E-state index in [1.807, 2.05) is 4.72 Å². The van der Waals surface area contributed by atoms with Crippen molar-refractivity contribution < 1.29 is 35.1 Å². The van der Waals surface area contributed by atoms with E-state index in [2.05, 4.69) is 4.74 Å². The number of anilines is 1. The van der Waals surface area contributed by atoms with Gasteiger partial charge in [-0.25, -0.2) is 30.4 Å². The Morgan fingerprint density at radius 3 is 2.03 bits per heavy atom. The summed E-state index contributed by atoms with van der Waals surface area (Å²) in [5.41, 5.74) is -1.85. The van der Waals surface area contributed by atoms with E-state index in [4.69, 9.17) is 0 Å². The zero-order valence-corrected chi connectivity index (χ0v) is 17.5. The molecule has 0 saturated heterocycles. The maximum atomic E-state index is 14.6. The van der Waals surface area contributed by atoms with Crippen LogP contribution in [0.25, 0.3) is 0 Å². The first kappa shape index (κ1) is 22.4. The van der Waals surface area contributed by atoms with Gasteiger partial charge >= 0.3 is 5.97 Å². The predicted molar refractivity (Wildman–Crippen MR) is 107 cm³/mol. The van der Waals surface area contributed by atoms with Crippen molar-refractivity contribution in [1.82, 2.24) is 0 Å². The summed E-state index contributed by atoms with van der Waals surface area (Å²) in [4.78, 5) is 10.3. The molecule has 0 bridgehead atoms. The molecule has 162 valence electrons. The van der Waals surface area contributed by atoms with E-state index in [0.29, 0.717) is 6.07 Å². The Hall–Kier alpha value is -3.31. The number of halogens is 2. The van der Waals surface area contributed by atoms with Crippen molar-refractivity contribution in [3.05, 3.63) is 83.9 Å². The highest BCUT2D eigenvalue weighted by Crippen LogP contribution is 2.30. The van der Waals surface area contributed by atoms with Gasteiger partial charge in [-0.15, -0.1) is 0 Å². The fourth-order valence-electron chi connectivity index (χ4n) is 2.74. The molecule has 0 radical (unpaired) electrons. The first-order valence-electron chi connectivity index (χ1n) is 8.58. The highest BCUT2D eigenvalue weighted by Gasteiger charge is 2.29. The molecule has 0 saturated carbocycles. The van der Waals surface area contributed by atoms with Crippen LogP contribution in [0.4, 0.5) is 14.5 Å². The van der Waals surface area contributed by atoms with Crippen molar-refractivity contribution in [2.24, 2.45) is 0 Å². The molecule has 0 aliphatic rings. The molecule has 3 aromatic rings. The normalized spacial score (nSPS) is 11.7. The quantitative estimate of drug-likeness (QED) is 0.557. The maximum Gasteiger partial charge on any atom is 0.343 e. The molecule has 31 heavy (non-hydrogen) atoms. The lowest BCUT2D eigenvalue weighted by molar-refractivity contribution is 0.0590. The van der Waals surface area contributed by atoms with E-state index in [9.17, 15) is 30.4 Å². The number of sulfonamides is 1. The number of carbonyl (C=O) groups excluding carboxylic acids is 1. The van der Waals surface area contributed by atoms with Gasteiger partial charge in [0, 0.05) is 0 Å². The molecular formula is C20H15F2NO6S2. The van der Waals surface area contributed by atoms with E-state index in [0.717, 1.165) is 25.3 Å². The van der Waals surface area contributed by atoms with Gasteiger partial charge in [-0.2, -0.15) is 0 Å². The van der Waals surface area contributed by atoms with Crippen LogP contribution in [-0.2, 0) is 24.6 Å². The van der Waals surface area contributed by atoms with Gasteiger partial charge in [0.1, 0.15) is 16.3 Å². The van der Waals surface area contributed by atoms with Gasteiger partial charge < -0.3 is 4.74 Å². The van der Waals surface area contributed by atoms with Crippen LogP contribution in [0.2, 0.25) is 0 Å². The van der Waals surface area contributed by atoms with Crippen molar-refractivity contribution in [2.45, 2.75) is 14.7 Å². The van der Waals surface area contributed by atoms with E-state index in [-0.39, 0.29) is 4.90 Å². The van der Waals surface area contributed by atoms with Crippen molar-refractivity contribution in [3.8, 4) is 0 Å². The summed E-state index contributed by atoms with van der Waals surface area (Å²) in [5.74, 6) is -4.10. The number of methoxy groups -OCH3 is 1. The number of hydrogen-bond acceptors (Lipinski definition) is 6. The minimum Gasteiger partial charge on any atom is -0.465 e. The molecule has 0 aromatic heterocycles. The average molecular weight is 467 g/mol. The molecule has 0 aliphatic heterocycles. The highest BCUT2D eigenvalue weighted by atomic mass is 32.2. The summed E-state index contributed by atoms with van der Waals surface area (Å²) in [5, 5.41) is 0. The van der Waals surface area contributed by atoms with E-state index in [1.54, 1.807) is 6.07 Å². The number of benzene rings is 3. The summed E-state index contributed by atoms with van der Waals surface area (Å²) in [6.45, 7) is 0. The summed E-state index contributed by atoms with van der Waals surface area (Å²) in [6, 6.07) is 13.3. The van der Waals surface area contributed by atoms with Crippen molar-refractivity contribution in [3.63, 3.8) is 0 Å². The molecule has 3 aromatic carbocycles. The Labute approximate surface area is 177 Å². The van der Waals surface area contributed by atoms with Crippen LogP contribution < -0.4 is 4.72 Å². The first-order chi connectivity index (χ1) is 14.6. The van der Waals surface area contributed by atoms with Crippen molar-refractivity contribution >= 4 is 31.5 Å². The number of esters is 1. The Kier molecular flexibility index (Phi) is 6.09. The van der Waals surface area contributed by atoms with Gasteiger partial charge in [-0.1, -0.05) is 30.3 Å². The number of rotatable bonds is 6. The zero-order valence-electron chi connectivity index (χ0n) is 15.9. The molecule has 1 N–H and O–H groups in total. The second-order valence-corrected chi connectivity index (χ2v) is 9.71. The van der Waals surface area contributed by atoms with E-state index in [1.165, 1.54) is 36.4 Å². The third-order valence-corrected chi connectivity index (χ3v) is 7.59. The molecule has 0 amide bonds. The fourth-order valence-corrected chi connectivity index (χ4v) is 5.91. The lowest BCUT2D eigenvalue weighted by Gasteiger charge is -2.14. The largest absolute Gasteiger partial charge is 0.465 e. The molecule has 0 spiro atoms. The minimum atomic E-state index is -4.66. The third-order valence-electron chi connectivity index (χ3n) is 4.21. The number of sulfone groups is 1. The molecular weight excluding hydrogens is 452 g/mol. The second kappa shape index (κ2) is 8.44. The molecule has 3 rings (SSSR count). The minimum absolute atomic E-state index is 0.140. The number of hydrogen-bond donors (Lipinski definition) is 1. The van der Waals surface area contributed by atoms with Crippen LogP contribution in [0.1, 0.15) is 10.4 Å². The van der Waals surface area contributed by atoms with Gasteiger partial charge in [0.05, 0.1) is 22.6 Å². The maximum absolute atomic E-state index is 14.6. The third kappa shape index (κ3) is 4.28. The van der Waals surface area contributed by atoms with Crippen LogP contribution in [-0.4, -0.2) is 29.9 Å². The number of carbonyl (C=O) groups is 1. The smallest absolute Gasteiger partial charge is 0.343 e. The van der Waals surface area contributed by atoms with Gasteiger partial charge in [-0.3, -0.25) is 4.72 Å². The molecule has 0 unspecified atom stereocenters. The SMILES string of the molecule is COC(=O)c1c(F)ccc(NS(=O)(=O)c2ccccc2S(=O)(=O)c2ccccc2)c1F. The molecule has 0 heterocycles. The predicted octanol–water partition coefficient (Wildman–Crippen LogP) is 3.39. The standard InChI is InChI=1S/C20H15F2NO6S2/c1-29-20(24)18-14(21)11-12-15(19(18)22)23-31(27,28)17-10-6-5-9-16(17)30(25,26)13-7-3-2-4-8-13/h2-12,23H,1H3. The monoisotopic (exact) mass is 467 g/mol. The molecule has 7 nitrogen and oxygen atoms in total. The van der Waals surface area contributed by atoms with E-state index >= 15 is 0 Å². The molecule has 0 aliphatic carbocycles. The first-order valence-corrected chi connectivity index (χ1v) is 11.5. The van der Waals surface area contributed by atoms with Crippen LogP contribution in [0, 0.1) is 11.6 Å². The van der Waals surface area contributed by atoms with Gasteiger partial charge in [0.15, 0.2) is 5.82 Å². The van der Waals surface area contributed by atoms with Crippen LogP contribution in [0.3, 0.4) is 0 Å². The summed E-state index contributed by atoms with van der Waals surface area (Å²) in [6.07, 6.45) is 0. The Balaban J connectivity index is 2.11. The Morgan fingerprint density at radius 1 is 0.839 bits per heavy atom. The summed E-state index contributed by atoms with van der Waals surface area (Å²) < 4.78 is 86.5. The highest BCUT2D eigenvalue weighted by molar-refractivity contribution is 7.95. The number of ether oxygens (including phenoxy) is 1. The van der Waals surface area contributed by atoms with E-state index < -0.39 is 58.5 Å². The topological polar surface area (TPSA) is 107 Å². The Morgan fingerprint density at radius 2 is 1.42 bits per heavy atom. The lowest BCUT2D eigenvalue weighted by atomic mass is 10.2. The second-order valence-electron chi connectivity index (χ2n) is 6.14. The van der Waals surface area contributed by atoms with Crippen molar-refractivity contribution in [1.29, 1.82) is 0 Å². The van der Waals surface area contributed by atoms with Crippen LogP contribution in [0.15, 0.2) is 81.4 Å². The lowest BCUT2D eigenvalue weighted by Crippen LogP contribution is -2.19. The van der Waals surface area contributed by atoms with Crippen molar-refractivity contribution in [2.75, 3.05) is 11.8 Å². The van der Waals surface area contributed by atoms with Gasteiger partial charge in [0.25, 0.3) is 10.0 Å². The number of nitrogens with one attached hydrogen (secondary N) is 1. The average Bonchev–Trinajstić information content (AvgIpc) is 2.76. The molecule has 0 fully saturated rings. The summed E-state index contributed by atoms with van der Waals surface area (Å²) in [7, 11) is -7.99. The van der Waals surface area contributed by atoms with Gasteiger partial charge in [-0.05, 0) is 36.4 Å². The van der Waals surface area contributed by atoms with Crippen LogP contribution in [0.5, 0.6) is 0 Å². The molecule has 0 atom stereocenters.